The Kier molecular flexibility index (Phi) is 3.54. The van der Waals surface area contributed by atoms with Gasteiger partial charge >= 0.3 is 5.97 Å². The molecule has 100 valence electrons. The molecule has 0 aliphatic carbocycles. The SMILES string of the molecule is O=C(O)c1cc(S(=O)(=O)Nc2ccccc2F)cs1. The number of carboxylic acid groups (broad SMARTS) is 1. The maximum atomic E-state index is 13.4. The number of hydrogen-bond donors (Lipinski definition) is 2. The molecule has 1 aromatic carbocycles. The van der Waals surface area contributed by atoms with Gasteiger partial charge < -0.3 is 5.11 Å². The molecule has 0 fully saturated rings. The van der Waals surface area contributed by atoms with Crippen LogP contribution in [0.3, 0.4) is 0 Å². The number of sulfonamides is 1. The average molecular weight is 301 g/mol. The van der Waals surface area contributed by atoms with Crippen LogP contribution in [0.4, 0.5) is 10.1 Å². The monoisotopic (exact) mass is 301 g/mol. The number of anilines is 1. The van der Waals surface area contributed by atoms with Crippen LogP contribution in [0, 0.1) is 5.82 Å². The van der Waals surface area contributed by atoms with Crippen molar-refractivity contribution >= 4 is 33.0 Å². The Morgan fingerprint density at radius 1 is 1.32 bits per heavy atom. The summed E-state index contributed by atoms with van der Waals surface area (Å²) in [6, 6.07) is 6.33. The molecule has 0 spiro atoms. The Morgan fingerprint density at radius 3 is 2.58 bits per heavy atom. The molecule has 19 heavy (non-hydrogen) atoms. The van der Waals surface area contributed by atoms with E-state index in [1.54, 1.807) is 0 Å². The molecule has 0 unspecified atom stereocenters. The molecule has 2 N–H and O–H groups in total. The molecule has 2 aromatic rings. The lowest BCUT2D eigenvalue weighted by molar-refractivity contribution is 0.0702. The van der Waals surface area contributed by atoms with Crippen molar-refractivity contribution in [3.8, 4) is 0 Å². The first kappa shape index (κ1) is 13.5. The van der Waals surface area contributed by atoms with Crippen molar-refractivity contribution in [2.75, 3.05) is 4.72 Å². The first-order valence-electron chi connectivity index (χ1n) is 4.99. The van der Waals surface area contributed by atoms with Crippen molar-refractivity contribution in [1.82, 2.24) is 0 Å². The number of benzene rings is 1. The molecule has 5 nitrogen and oxygen atoms in total. The minimum atomic E-state index is -3.99. The summed E-state index contributed by atoms with van der Waals surface area (Å²) in [6.45, 7) is 0. The predicted octanol–water partition coefficient (Wildman–Crippen LogP) is 2.39. The number of carbonyl (C=O) groups is 1. The number of halogens is 1. The number of rotatable bonds is 4. The molecule has 0 atom stereocenters. The zero-order valence-electron chi connectivity index (χ0n) is 9.33. The highest BCUT2D eigenvalue weighted by Crippen LogP contribution is 2.23. The summed E-state index contributed by atoms with van der Waals surface area (Å²) in [6.07, 6.45) is 0. The number of thiophene rings is 1. The molecule has 1 aromatic heterocycles. The first-order chi connectivity index (χ1) is 8.90. The largest absolute Gasteiger partial charge is 0.477 e. The minimum absolute atomic E-state index is 0.103. The quantitative estimate of drug-likeness (QED) is 0.908. The van der Waals surface area contributed by atoms with Gasteiger partial charge in [0, 0.05) is 5.38 Å². The maximum absolute atomic E-state index is 13.4. The molecular weight excluding hydrogens is 293 g/mol. The predicted molar refractivity (Wildman–Crippen MR) is 68.5 cm³/mol. The van der Waals surface area contributed by atoms with Gasteiger partial charge in [-0.3, -0.25) is 4.72 Å². The second kappa shape index (κ2) is 4.98. The van der Waals surface area contributed by atoms with Gasteiger partial charge in [0.2, 0.25) is 0 Å². The third-order valence-corrected chi connectivity index (χ3v) is 4.63. The second-order valence-corrected chi connectivity index (χ2v) is 6.13. The van der Waals surface area contributed by atoms with E-state index in [9.17, 15) is 17.6 Å². The van der Waals surface area contributed by atoms with Gasteiger partial charge in [0.05, 0.1) is 10.6 Å². The van der Waals surface area contributed by atoms with Gasteiger partial charge in [-0.05, 0) is 18.2 Å². The summed E-state index contributed by atoms with van der Waals surface area (Å²) in [4.78, 5) is 10.4. The summed E-state index contributed by atoms with van der Waals surface area (Å²) >= 11 is 0.787. The van der Waals surface area contributed by atoms with Gasteiger partial charge in [0.15, 0.2) is 0 Å². The van der Waals surface area contributed by atoms with Crippen LogP contribution in [-0.2, 0) is 10.0 Å². The van der Waals surface area contributed by atoms with Crippen LogP contribution in [0.1, 0.15) is 9.67 Å². The van der Waals surface area contributed by atoms with Gasteiger partial charge in [-0.2, -0.15) is 0 Å². The number of carboxylic acids is 1. The number of nitrogens with one attached hydrogen (secondary N) is 1. The molecular formula is C11H8FNO4S2. The van der Waals surface area contributed by atoms with E-state index in [4.69, 9.17) is 5.11 Å². The average Bonchev–Trinajstić information content (AvgIpc) is 2.82. The Bertz CT molecular complexity index is 724. The van der Waals surface area contributed by atoms with Crippen molar-refractivity contribution in [1.29, 1.82) is 0 Å². The molecule has 0 radical (unpaired) electrons. The van der Waals surface area contributed by atoms with E-state index in [-0.39, 0.29) is 15.5 Å². The molecule has 8 heteroatoms. The van der Waals surface area contributed by atoms with E-state index in [2.05, 4.69) is 4.72 Å². The number of aromatic carboxylic acids is 1. The van der Waals surface area contributed by atoms with Crippen molar-refractivity contribution < 1.29 is 22.7 Å². The van der Waals surface area contributed by atoms with Crippen LogP contribution in [0.5, 0.6) is 0 Å². The summed E-state index contributed by atoms with van der Waals surface area (Å²) in [5.74, 6) is -1.92. The molecule has 0 saturated carbocycles. The van der Waals surface area contributed by atoms with Crippen LogP contribution < -0.4 is 4.72 Å². The van der Waals surface area contributed by atoms with Crippen LogP contribution in [0.15, 0.2) is 40.6 Å². The van der Waals surface area contributed by atoms with Gasteiger partial charge in [-0.25, -0.2) is 17.6 Å². The molecule has 0 bridgehead atoms. The fourth-order valence-electron chi connectivity index (χ4n) is 1.32. The van der Waals surface area contributed by atoms with E-state index in [0.29, 0.717) is 0 Å². The Labute approximate surface area is 112 Å². The molecule has 0 aliphatic rings. The fraction of sp³-hybridized carbons (Fsp3) is 0. The lowest BCUT2D eigenvalue weighted by Gasteiger charge is -2.06. The van der Waals surface area contributed by atoms with Gasteiger partial charge in [-0.15, -0.1) is 11.3 Å². The summed E-state index contributed by atoms with van der Waals surface area (Å²) < 4.78 is 39.3. The highest BCUT2D eigenvalue weighted by atomic mass is 32.2. The Morgan fingerprint density at radius 2 is 2.00 bits per heavy atom. The highest BCUT2D eigenvalue weighted by molar-refractivity contribution is 7.92. The zero-order chi connectivity index (χ0) is 14.0. The van der Waals surface area contributed by atoms with Crippen LogP contribution in [0.2, 0.25) is 0 Å². The smallest absolute Gasteiger partial charge is 0.345 e. The van der Waals surface area contributed by atoms with Crippen LogP contribution >= 0.6 is 11.3 Å². The third kappa shape index (κ3) is 2.91. The molecule has 0 aliphatic heterocycles. The van der Waals surface area contributed by atoms with E-state index < -0.39 is 21.8 Å². The first-order valence-corrected chi connectivity index (χ1v) is 7.35. The van der Waals surface area contributed by atoms with Crippen molar-refractivity contribution in [2.24, 2.45) is 0 Å². The Hall–Kier alpha value is -1.93. The summed E-state index contributed by atoms with van der Waals surface area (Å²) in [5, 5.41) is 9.92. The third-order valence-electron chi connectivity index (χ3n) is 2.21. The molecule has 0 saturated heterocycles. The molecule has 2 rings (SSSR count). The molecule has 1 heterocycles. The number of para-hydroxylation sites is 1. The Balaban J connectivity index is 2.32. The van der Waals surface area contributed by atoms with E-state index in [1.165, 1.54) is 23.6 Å². The van der Waals surface area contributed by atoms with Crippen molar-refractivity contribution in [2.45, 2.75) is 4.90 Å². The van der Waals surface area contributed by atoms with E-state index in [0.717, 1.165) is 23.5 Å². The topological polar surface area (TPSA) is 83.5 Å². The summed E-state index contributed by atoms with van der Waals surface area (Å²) in [7, 11) is -3.99. The normalized spacial score (nSPS) is 11.2. The van der Waals surface area contributed by atoms with Crippen LogP contribution in [0.25, 0.3) is 0 Å². The van der Waals surface area contributed by atoms with E-state index >= 15 is 0 Å². The van der Waals surface area contributed by atoms with Crippen molar-refractivity contribution in [3.63, 3.8) is 0 Å². The highest BCUT2D eigenvalue weighted by Gasteiger charge is 2.19. The zero-order valence-corrected chi connectivity index (χ0v) is 11.0. The molecule has 0 amide bonds. The van der Waals surface area contributed by atoms with Crippen LogP contribution in [-0.4, -0.2) is 19.5 Å². The summed E-state index contributed by atoms with van der Waals surface area (Å²) in [5.41, 5.74) is -0.189. The van der Waals surface area contributed by atoms with Gasteiger partial charge in [-0.1, -0.05) is 12.1 Å². The minimum Gasteiger partial charge on any atom is -0.477 e. The fourth-order valence-corrected chi connectivity index (χ4v) is 3.50. The number of hydrogen-bond acceptors (Lipinski definition) is 4. The maximum Gasteiger partial charge on any atom is 0.345 e. The van der Waals surface area contributed by atoms with Gasteiger partial charge in [0.1, 0.15) is 10.7 Å². The lowest BCUT2D eigenvalue weighted by Crippen LogP contribution is -2.13. The van der Waals surface area contributed by atoms with Gasteiger partial charge in [0.25, 0.3) is 10.0 Å². The second-order valence-electron chi connectivity index (χ2n) is 3.54. The van der Waals surface area contributed by atoms with Crippen molar-refractivity contribution in [3.05, 3.63) is 46.4 Å². The van der Waals surface area contributed by atoms with E-state index in [1.807, 2.05) is 0 Å². The standard InChI is InChI=1S/C11H8FNO4S2/c12-8-3-1-2-4-9(8)13-19(16,17)7-5-10(11(14)15)18-6-7/h1-6,13H,(H,14,15). The lowest BCUT2D eigenvalue weighted by atomic mass is 10.3.